The Morgan fingerprint density at radius 1 is 1.00 bits per heavy atom. The van der Waals surface area contributed by atoms with Crippen LogP contribution >= 0.6 is 0 Å². The lowest BCUT2D eigenvalue weighted by Gasteiger charge is -2.23. The minimum Gasteiger partial charge on any atom is -0.324 e. The number of halogens is 3. The molecule has 0 aliphatic heterocycles. The minimum absolute atomic E-state index is 0.355. The Hall–Kier alpha value is -3.42. The molecule has 0 radical (unpaired) electrons. The molecule has 3 aromatic rings. The van der Waals surface area contributed by atoms with Crippen molar-refractivity contribution in [3.05, 3.63) is 81.6 Å². The molecule has 0 unspecified atom stereocenters. The van der Waals surface area contributed by atoms with Gasteiger partial charge in [-0.3, -0.25) is 9.59 Å². The second kappa shape index (κ2) is 8.61. The van der Waals surface area contributed by atoms with Crippen molar-refractivity contribution < 1.29 is 18.0 Å². The van der Waals surface area contributed by atoms with Gasteiger partial charge in [0.15, 0.2) is 0 Å². The van der Waals surface area contributed by atoms with Gasteiger partial charge in [-0.1, -0.05) is 42.5 Å². The lowest BCUT2D eigenvalue weighted by atomic mass is 9.89. The van der Waals surface area contributed by atoms with Gasteiger partial charge in [-0.15, -0.1) is 0 Å². The Balaban J connectivity index is 1.74. The number of aromatic nitrogens is 2. The number of hydrogen-bond acceptors (Lipinski definition) is 3. The van der Waals surface area contributed by atoms with Crippen molar-refractivity contribution in [2.75, 3.05) is 5.32 Å². The number of fused-ring (bicyclic) bond motifs is 1. The van der Waals surface area contributed by atoms with Gasteiger partial charge in [0.25, 0.3) is 5.56 Å². The van der Waals surface area contributed by atoms with Gasteiger partial charge < -0.3 is 5.32 Å². The van der Waals surface area contributed by atoms with Crippen molar-refractivity contribution in [3.8, 4) is 11.3 Å². The van der Waals surface area contributed by atoms with Crippen LogP contribution in [0.3, 0.4) is 0 Å². The molecule has 32 heavy (non-hydrogen) atoms. The van der Waals surface area contributed by atoms with Crippen molar-refractivity contribution >= 4 is 11.6 Å². The molecular formula is C24H22F3N3O2. The third-order valence-corrected chi connectivity index (χ3v) is 5.71. The van der Waals surface area contributed by atoms with Gasteiger partial charge in [0.05, 0.1) is 16.9 Å². The number of hydrogen-bond donors (Lipinski definition) is 1. The lowest BCUT2D eigenvalue weighted by Crippen LogP contribution is -2.37. The number of carbonyl (C=O) groups excluding carboxylic acids is 1. The van der Waals surface area contributed by atoms with Gasteiger partial charge in [0.1, 0.15) is 6.04 Å². The average Bonchev–Trinajstić information content (AvgIpc) is 2.79. The summed E-state index contributed by atoms with van der Waals surface area (Å²) in [6, 6.07) is 13.0. The van der Waals surface area contributed by atoms with E-state index in [4.69, 9.17) is 0 Å². The third kappa shape index (κ3) is 4.17. The zero-order chi connectivity index (χ0) is 22.9. The fourth-order valence-corrected chi connectivity index (χ4v) is 4.03. The smallest absolute Gasteiger partial charge is 0.324 e. The summed E-state index contributed by atoms with van der Waals surface area (Å²) in [4.78, 5) is 26.0. The van der Waals surface area contributed by atoms with Crippen molar-refractivity contribution in [3.63, 3.8) is 0 Å². The Kier molecular flexibility index (Phi) is 5.86. The third-order valence-electron chi connectivity index (χ3n) is 5.71. The zero-order valence-corrected chi connectivity index (χ0v) is 17.4. The van der Waals surface area contributed by atoms with Gasteiger partial charge in [-0.25, -0.2) is 4.68 Å². The second-order valence-corrected chi connectivity index (χ2v) is 7.84. The maximum atomic E-state index is 13.3. The van der Waals surface area contributed by atoms with Crippen LogP contribution in [-0.4, -0.2) is 15.7 Å². The minimum atomic E-state index is -4.62. The molecular weight excluding hydrogens is 419 g/mol. The average molecular weight is 441 g/mol. The van der Waals surface area contributed by atoms with E-state index in [-0.39, 0.29) is 11.2 Å². The van der Waals surface area contributed by atoms with E-state index in [0.717, 1.165) is 41.1 Å². The van der Waals surface area contributed by atoms with Crippen LogP contribution in [0.2, 0.25) is 0 Å². The molecule has 1 aliphatic carbocycles. The van der Waals surface area contributed by atoms with E-state index in [9.17, 15) is 22.8 Å². The number of benzene rings is 2. The van der Waals surface area contributed by atoms with Crippen LogP contribution in [0.5, 0.6) is 0 Å². The molecule has 1 amide bonds. The topological polar surface area (TPSA) is 64.0 Å². The first-order valence-corrected chi connectivity index (χ1v) is 10.4. The number of para-hydroxylation sites is 1. The molecule has 1 N–H and O–H groups in total. The van der Waals surface area contributed by atoms with Gasteiger partial charge in [-0.2, -0.15) is 18.3 Å². The molecule has 5 nitrogen and oxygen atoms in total. The van der Waals surface area contributed by atoms with E-state index < -0.39 is 23.7 Å². The standard InChI is InChI=1S/C24H22F3N3O2/c1-15(22(31)28-20-14-8-7-13-19(20)24(25,26)27)30-23(32)18-12-6-5-11-17(18)21(29-30)16-9-3-2-4-10-16/h2-4,7-10,13-15H,5-6,11-12H2,1H3,(H,28,31)/t15-/m1/s1. The summed E-state index contributed by atoms with van der Waals surface area (Å²) < 4.78 is 41.0. The molecule has 1 aliphatic rings. The Morgan fingerprint density at radius 2 is 1.62 bits per heavy atom. The summed E-state index contributed by atoms with van der Waals surface area (Å²) in [5.41, 5.74) is 1.30. The number of nitrogens with zero attached hydrogens (tertiary/aromatic N) is 2. The number of nitrogens with one attached hydrogen (secondary N) is 1. The highest BCUT2D eigenvalue weighted by Gasteiger charge is 2.34. The molecule has 1 heterocycles. The molecule has 166 valence electrons. The van der Waals surface area contributed by atoms with Crippen molar-refractivity contribution in [2.24, 2.45) is 0 Å². The predicted octanol–water partition coefficient (Wildman–Crippen LogP) is 5.01. The highest BCUT2D eigenvalue weighted by atomic mass is 19.4. The maximum absolute atomic E-state index is 13.3. The first-order chi connectivity index (χ1) is 15.3. The summed E-state index contributed by atoms with van der Waals surface area (Å²) in [6.07, 6.45) is -1.50. The molecule has 2 aromatic carbocycles. The van der Waals surface area contributed by atoms with Crippen LogP contribution in [0.1, 0.15) is 42.5 Å². The summed E-state index contributed by atoms with van der Waals surface area (Å²) in [7, 11) is 0. The van der Waals surface area contributed by atoms with Crippen LogP contribution < -0.4 is 10.9 Å². The molecule has 0 saturated carbocycles. The summed E-state index contributed by atoms with van der Waals surface area (Å²) in [5, 5.41) is 6.83. The molecule has 0 fully saturated rings. The van der Waals surface area contributed by atoms with Gasteiger partial charge in [-0.05, 0) is 50.3 Å². The molecule has 4 rings (SSSR count). The van der Waals surface area contributed by atoms with Crippen LogP contribution in [0, 0.1) is 0 Å². The van der Waals surface area contributed by atoms with E-state index in [1.165, 1.54) is 25.1 Å². The number of anilines is 1. The lowest BCUT2D eigenvalue weighted by molar-refractivity contribution is -0.137. The van der Waals surface area contributed by atoms with Gasteiger partial charge in [0.2, 0.25) is 5.91 Å². The highest BCUT2D eigenvalue weighted by Crippen LogP contribution is 2.35. The predicted molar refractivity (Wildman–Crippen MR) is 115 cm³/mol. The van der Waals surface area contributed by atoms with Crippen LogP contribution in [0.4, 0.5) is 18.9 Å². The molecule has 8 heteroatoms. The van der Waals surface area contributed by atoms with Crippen LogP contribution in [0.15, 0.2) is 59.4 Å². The van der Waals surface area contributed by atoms with E-state index >= 15 is 0 Å². The van der Waals surface area contributed by atoms with E-state index in [1.807, 2.05) is 30.3 Å². The molecule has 1 aromatic heterocycles. The Bertz CT molecular complexity index is 1200. The molecule has 1 atom stereocenters. The summed E-state index contributed by atoms with van der Waals surface area (Å²) in [5.74, 6) is -0.744. The Morgan fingerprint density at radius 3 is 2.31 bits per heavy atom. The Labute approximate surface area is 182 Å². The van der Waals surface area contributed by atoms with Crippen molar-refractivity contribution in [2.45, 2.75) is 44.8 Å². The molecule has 0 bridgehead atoms. The first-order valence-electron chi connectivity index (χ1n) is 10.4. The van der Waals surface area contributed by atoms with Crippen molar-refractivity contribution in [1.29, 1.82) is 0 Å². The highest BCUT2D eigenvalue weighted by molar-refractivity contribution is 5.94. The zero-order valence-electron chi connectivity index (χ0n) is 17.4. The maximum Gasteiger partial charge on any atom is 0.418 e. The number of alkyl halides is 3. The number of rotatable bonds is 4. The summed E-state index contributed by atoms with van der Waals surface area (Å²) in [6.45, 7) is 1.46. The fourth-order valence-electron chi connectivity index (χ4n) is 4.03. The molecule has 0 spiro atoms. The van der Waals surface area contributed by atoms with E-state index in [2.05, 4.69) is 10.4 Å². The molecule has 0 saturated heterocycles. The largest absolute Gasteiger partial charge is 0.418 e. The fraction of sp³-hybridized carbons (Fsp3) is 0.292. The normalized spacial score (nSPS) is 14.5. The van der Waals surface area contributed by atoms with Crippen LogP contribution in [-0.2, 0) is 23.8 Å². The second-order valence-electron chi connectivity index (χ2n) is 7.84. The first kappa shape index (κ1) is 21.8. The van der Waals surface area contributed by atoms with E-state index in [1.54, 1.807) is 0 Å². The number of carbonyl (C=O) groups is 1. The van der Waals surface area contributed by atoms with Gasteiger partial charge >= 0.3 is 6.18 Å². The quantitative estimate of drug-likeness (QED) is 0.619. The van der Waals surface area contributed by atoms with E-state index in [0.29, 0.717) is 17.7 Å². The summed E-state index contributed by atoms with van der Waals surface area (Å²) >= 11 is 0. The number of amides is 1. The monoisotopic (exact) mass is 441 g/mol. The van der Waals surface area contributed by atoms with Gasteiger partial charge in [0, 0.05) is 11.1 Å². The van der Waals surface area contributed by atoms with Crippen LogP contribution in [0.25, 0.3) is 11.3 Å². The SMILES string of the molecule is C[C@H](C(=O)Nc1ccccc1C(F)(F)F)n1nc(-c2ccccc2)c2c(c1=O)CCCC2. The van der Waals surface area contributed by atoms with Crippen molar-refractivity contribution in [1.82, 2.24) is 9.78 Å².